The fourth-order valence-electron chi connectivity index (χ4n) is 4.12. The van der Waals surface area contributed by atoms with Gasteiger partial charge in [0, 0.05) is 37.0 Å². The minimum Gasteiger partial charge on any atom is -0.357 e. The van der Waals surface area contributed by atoms with E-state index >= 15 is 0 Å². The van der Waals surface area contributed by atoms with Crippen molar-refractivity contribution in [2.45, 2.75) is 71.8 Å². The molecule has 0 atom stereocenters. The number of nitrogens with one attached hydrogen (secondary N) is 2. The van der Waals surface area contributed by atoms with Gasteiger partial charge in [-0.25, -0.2) is 0 Å². The van der Waals surface area contributed by atoms with E-state index in [0.29, 0.717) is 6.04 Å². The van der Waals surface area contributed by atoms with Gasteiger partial charge in [-0.05, 0) is 38.2 Å². The van der Waals surface area contributed by atoms with E-state index < -0.39 is 0 Å². The number of guanidine groups is 1. The van der Waals surface area contributed by atoms with Crippen LogP contribution in [0.15, 0.2) is 35.3 Å². The standard InChI is InChI=1S/C24H40N4O.HI/c1-6-24(7-2,20-12-10-9-11-13-20)18-26-23(25-8-3)27-21-14-16-28(17-15-21)22(29)19(4)5;/h9-13,19,21H,6-8,14-18H2,1-5H3,(H2,25,26,27);1H. The van der Waals surface area contributed by atoms with Crippen molar-refractivity contribution in [3.05, 3.63) is 35.9 Å². The van der Waals surface area contributed by atoms with Crippen molar-refractivity contribution in [3.63, 3.8) is 0 Å². The summed E-state index contributed by atoms with van der Waals surface area (Å²) in [5, 5.41) is 7.03. The Morgan fingerprint density at radius 2 is 1.73 bits per heavy atom. The summed E-state index contributed by atoms with van der Waals surface area (Å²) in [5.41, 5.74) is 1.43. The van der Waals surface area contributed by atoms with E-state index in [-0.39, 0.29) is 41.2 Å². The van der Waals surface area contributed by atoms with Crippen molar-refractivity contribution in [3.8, 4) is 0 Å². The van der Waals surface area contributed by atoms with Crippen LogP contribution in [0.4, 0.5) is 0 Å². The predicted octanol–water partition coefficient (Wildman–Crippen LogP) is 4.56. The maximum absolute atomic E-state index is 12.2. The lowest BCUT2D eigenvalue weighted by Gasteiger charge is -2.34. The lowest BCUT2D eigenvalue weighted by molar-refractivity contribution is -0.135. The van der Waals surface area contributed by atoms with Crippen LogP contribution in [0.25, 0.3) is 0 Å². The van der Waals surface area contributed by atoms with Gasteiger partial charge in [0.25, 0.3) is 0 Å². The number of likely N-dealkylation sites (tertiary alicyclic amines) is 1. The van der Waals surface area contributed by atoms with E-state index in [0.717, 1.165) is 57.8 Å². The van der Waals surface area contributed by atoms with Crippen molar-refractivity contribution < 1.29 is 4.79 Å². The van der Waals surface area contributed by atoms with E-state index in [2.05, 4.69) is 61.7 Å². The minimum atomic E-state index is 0. The summed E-state index contributed by atoms with van der Waals surface area (Å²) in [6.07, 6.45) is 4.06. The lowest BCUT2D eigenvalue weighted by Crippen LogP contribution is -2.50. The smallest absolute Gasteiger partial charge is 0.225 e. The molecule has 1 saturated heterocycles. The Morgan fingerprint density at radius 1 is 1.13 bits per heavy atom. The average Bonchev–Trinajstić information content (AvgIpc) is 2.75. The molecule has 0 aliphatic carbocycles. The molecule has 1 aromatic rings. The normalized spacial score (nSPS) is 15.7. The van der Waals surface area contributed by atoms with E-state index in [1.165, 1.54) is 5.56 Å². The van der Waals surface area contributed by atoms with Gasteiger partial charge in [0.05, 0.1) is 6.54 Å². The Kier molecular flexibility index (Phi) is 11.7. The molecular formula is C24H41IN4O. The Balaban J connectivity index is 0.00000450. The fourth-order valence-corrected chi connectivity index (χ4v) is 4.12. The second-order valence-electron chi connectivity index (χ2n) is 8.45. The van der Waals surface area contributed by atoms with Gasteiger partial charge in [0.1, 0.15) is 0 Å². The van der Waals surface area contributed by atoms with Crippen LogP contribution < -0.4 is 10.6 Å². The van der Waals surface area contributed by atoms with Crippen LogP contribution >= 0.6 is 24.0 Å². The number of nitrogens with zero attached hydrogens (tertiary/aromatic N) is 2. The molecule has 0 spiro atoms. The van der Waals surface area contributed by atoms with Gasteiger partial charge in [-0.1, -0.05) is 58.0 Å². The third-order valence-corrected chi connectivity index (χ3v) is 6.27. The molecule has 1 aromatic carbocycles. The van der Waals surface area contributed by atoms with E-state index in [1.807, 2.05) is 18.7 Å². The minimum absolute atomic E-state index is 0. The zero-order valence-corrected chi connectivity index (χ0v) is 21.7. The van der Waals surface area contributed by atoms with Crippen LogP contribution in [-0.2, 0) is 10.2 Å². The molecular weight excluding hydrogens is 487 g/mol. The molecule has 0 unspecified atom stereocenters. The van der Waals surface area contributed by atoms with Crippen molar-refractivity contribution in [1.29, 1.82) is 0 Å². The Morgan fingerprint density at radius 3 is 2.23 bits per heavy atom. The fraction of sp³-hybridized carbons (Fsp3) is 0.667. The summed E-state index contributed by atoms with van der Waals surface area (Å²) in [6.45, 7) is 13.8. The quantitative estimate of drug-likeness (QED) is 0.296. The molecule has 1 amide bonds. The molecule has 1 fully saturated rings. The first-order chi connectivity index (χ1) is 14.0. The van der Waals surface area contributed by atoms with Crippen molar-refractivity contribution in [2.24, 2.45) is 10.9 Å². The first-order valence-corrected chi connectivity index (χ1v) is 11.3. The first-order valence-electron chi connectivity index (χ1n) is 11.3. The molecule has 0 bridgehead atoms. The molecule has 30 heavy (non-hydrogen) atoms. The first kappa shape index (κ1) is 26.7. The number of aliphatic imine (C=N–C) groups is 1. The monoisotopic (exact) mass is 528 g/mol. The highest BCUT2D eigenvalue weighted by Gasteiger charge is 2.29. The summed E-state index contributed by atoms with van der Waals surface area (Å²) >= 11 is 0. The summed E-state index contributed by atoms with van der Waals surface area (Å²) < 4.78 is 0. The zero-order chi connectivity index (χ0) is 21.3. The van der Waals surface area contributed by atoms with Gasteiger partial charge in [-0.2, -0.15) is 0 Å². The van der Waals surface area contributed by atoms with Gasteiger partial charge in [-0.3, -0.25) is 9.79 Å². The number of carbonyl (C=O) groups is 1. The van der Waals surface area contributed by atoms with Gasteiger partial charge in [-0.15, -0.1) is 24.0 Å². The molecule has 1 aliphatic rings. The van der Waals surface area contributed by atoms with Gasteiger partial charge < -0.3 is 15.5 Å². The summed E-state index contributed by atoms with van der Waals surface area (Å²) in [5.74, 6) is 1.23. The number of hydrogen-bond acceptors (Lipinski definition) is 2. The molecule has 0 aromatic heterocycles. The van der Waals surface area contributed by atoms with E-state index in [1.54, 1.807) is 0 Å². The topological polar surface area (TPSA) is 56.7 Å². The van der Waals surface area contributed by atoms with Gasteiger partial charge in [0.15, 0.2) is 5.96 Å². The van der Waals surface area contributed by atoms with Crippen LogP contribution in [0.3, 0.4) is 0 Å². The van der Waals surface area contributed by atoms with Gasteiger partial charge >= 0.3 is 0 Å². The largest absolute Gasteiger partial charge is 0.357 e. The van der Waals surface area contributed by atoms with Crippen molar-refractivity contribution in [1.82, 2.24) is 15.5 Å². The van der Waals surface area contributed by atoms with Crippen LogP contribution in [-0.4, -0.2) is 49.0 Å². The molecule has 2 rings (SSSR count). The third kappa shape index (κ3) is 7.13. The number of hydrogen-bond donors (Lipinski definition) is 2. The van der Waals surface area contributed by atoms with Crippen LogP contribution in [0.1, 0.15) is 65.9 Å². The second kappa shape index (κ2) is 13.2. The van der Waals surface area contributed by atoms with E-state index in [4.69, 9.17) is 4.99 Å². The molecule has 170 valence electrons. The Labute approximate surface area is 200 Å². The maximum atomic E-state index is 12.2. The predicted molar refractivity (Wildman–Crippen MR) is 138 cm³/mol. The molecule has 0 saturated carbocycles. The number of rotatable bonds is 8. The van der Waals surface area contributed by atoms with E-state index in [9.17, 15) is 4.79 Å². The molecule has 5 nitrogen and oxygen atoms in total. The molecule has 2 N–H and O–H groups in total. The highest BCUT2D eigenvalue weighted by Crippen LogP contribution is 2.32. The third-order valence-electron chi connectivity index (χ3n) is 6.27. The second-order valence-corrected chi connectivity index (χ2v) is 8.45. The summed E-state index contributed by atoms with van der Waals surface area (Å²) in [7, 11) is 0. The highest BCUT2D eigenvalue weighted by atomic mass is 127. The molecule has 6 heteroatoms. The Hall–Kier alpha value is -1.31. The zero-order valence-electron chi connectivity index (χ0n) is 19.4. The number of piperidine rings is 1. The molecule has 1 heterocycles. The van der Waals surface area contributed by atoms with Crippen molar-refractivity contribution >= 4 is 35.8 Å². The van der Waals surface area contributed by atoms with Crippen LogP contribution in [0.5, 0.6) is 0 Å². The highest BCUT2D eigenvalue weighted by molar-refractivity contribution is 14.0. The van der Waals surface area contributed by atoms with Crippen LogP contribution in [0.2, 0.25) is 0 Å². The summed E-state index contributed by atoms with van der Waals surface area (Å²) in [6, 6.07) is 11.1. The van der Waals surface area contributed by atoms with Gasteiger partial charge in [0.2, 0.25) is 5.91 Å². The lowest BCUT2D eigenvalue weighted by atomic mass is 9.76. The number of carbonyl (C=O) groups excluding carboxylic acids is 1. The SMILES string of the molecule is CCNC(=NCC(CC)(CC)c1ccccc1)NC1CCN(C(=O)C(C)C)CC1.I. The number of benzene rings is 1. The maximum Gasteiger partial charge on any atom is 0.225 e. The molecule has 0 radical (unpaired) electrons. The average molecular weight is 529 g/mol. The summed E-state index contributed by atoms with van der Waals surface area (Å²) in [4.78, 5) is 19.2. The van der Waals surface area contributed by atoms with Crippen LogP contribution in [0, 0.1) is 5.92 Å². The molecule has 1 aliphatic heterocycles. The Bertz CT molecular complexity index is 650. The van der Waals surface area contributed by atoms with Crippen molar-refractivity contribution in [2.75, 3.05) is 26.2 Å². The number of amides is 1. The number of halogens is 1.